The lowest BCUT2D eigenvalue weighted by molar-refractivity contribution is 0.0599. The van der Waals surface area contributed by atoms with Gasteiger partial charge in [0.05, 0.1) is 24.5 Å². The number of aromatic nitrogens is 2. The molecule has 0 unspecified atom stereocenters. The number of methoxy groups -OCH3 is 1. The van der Waals surface area contributed by atoms with Gasteiger partial charge in [-0.25, -0.2) is 4.79 Å². The van der Waals surface area contributed by atoms with Gasteiger partial charge in [0.25, 0.3) is 0 Å². The topological polar surface area (TPSA) is 70.1 Å². The Morgan fingerprint density at radius 3 is 2.62 bits per heavy atom. The van der Waals surface area contributed by atoms with Crippen molar-refractivity contribution in [3.63, 3.8) is 0 Å². The Hall–Kier alpha value is -1.36. The van der Waals surface area contributed by atoms with Crippen molar-refractivity contribution in [2.45, 2.75) is 32.7 Å². The second-order valence-electron chi connectivity index (χ2n) is 4.62. The molecule has 1 aromatic heterocycles. The van der Waals surface area contributed by atoms with Crippen LogP contribution in [0.15, 0.2) is 6.20 Å². The number of esters is 1. The lowest BCUT2D eigenvalue weighted by Crippen LogP contribution is -2.27. The third kappa shape index (κ3) is 2.41. The summed E-state index contributed by atoms with van der Waals surface area (Å²) in [5.41, 5.74) is 6.72. The highest BCUT2D eigenvalue weighted by molar-refractivity contribution is 5.90. The number of ether oxygens (including phenoxy) is 1. The molecule has 1 rings (SSSR count). The Kier molecular flexibility index (Phi) is 3.70. The van der Waals surface area contributed by atoms with E-state index in [0.717, 1.165) is 5.69 Å². The maximum atomic E-state index is 11.5. The Morgan fingerprint density at radius 1 is 1.56 bits per heavy atom. The molecule has 0 saturated heterocycles. The van der Waals surface area contributed by atoms with Crippen molar-refractivity contribution in [2.24, 2.45) is 5.73 Å². The molecule has 0 aliphatic carbocycles. The number of hydrogen-bond donors (Lipinski definition) is 1. The highest BCUT2D eigenvalue weighted by Crippen LogP contribution is 2.19. The van der Waals surface area contributed by atoms with E-state index in [4.69, 9.17) is 10.5 Å². The van der Waals surface area contributed by atoms with Crippen LogP contribution in [0.4, 0.5) is 0 Å². The van der Waals surface area contributed by atoms with Gasteiger partial charge in [-0.3, -0.25) is 4.68 Å². The van der Waals surface area contributed by atoms with Crippen molar-refractivity contribution in [1.29, 1.82) is 0 Å². The molecule has 0 radical (unpaired) electrons. The average Bonchev–Trinajstić information content (AvgIpc) is 2.60. The minimum Gasteiger partial charge on any atom is -0.465 e. The standard InChI is InChI=1S/C11H19N3O2/c1-11(2,3)14-9(5-6-12)8(7-13-14)10(15)16-4/h7H,5-6,12H2,1-4H3. The van der Waals surface area contributed by atoms with Crippen molar-refractivity contribution in [1.82, 2.24) is 9.78 Å². The second-order valence-corrected chi connectivity index (χ2v) is 4.62. The number of hydrogen-bond acceptors (Lipinski definition) is 4. The van der Waals surface area contributed by atoms with E-state index in [1.807, 2.05) is 25.5 Å². The Bertz CT molecular complexity index is 377. The van der Waals surface area contributed by atoms with E-state index in [9.17, 15) is 4.79 Å². The molecule has 1 aromatic rings. The van der Waals surface area contributed by atoms with Crippen LogP contribution in [0.2, 0.25) is 0 Å². The summed E-state index contributed by atoms with van der Waals surface area (Å²) in [5.74, 6) is -0.362. The first kappa shape index (κ1) is 12.7. The van der Waals surface area contributed by atoms with Gasteiger partial charge in [0, 0.05) is 6.42 Å². The zero-order valence-corrected chi connectivity index (χ0v) is 10.3. The molecule has 90 valence electrons. The highest BCUT2D eigenvalue weighted by Gasteiger charge is 2.23. The molecular weight excluding hydrogens is 206 g/mol. The van der Waals surface area contributed by atoms with Gasteiger partial charge in [-0.15, -0.1) is 0 Å². The Labute approximate surface area is 95.6 Å². The van der Waals surface area contributed by atoms with Crippen LogP contribution in [-0.2, 0) is 16.7 Å². The van der Waals surface area contributed by atoms with Crippen LogP contribution in [0.1, 0.15) is 36.8 Å². The number of nitrogens with two attached hydrogens (primary N) is 1. The summed E-state index contributed by atoms with van der Waals surface area (Å²) in [6.45, 7) is 6.56. The predicted molar refractivity (Wildman–Crippen MR) is 61.3 cm³/mol. The molecular formula is C11H19N3O2. The molecule has 0 spiro atoms. The molecule has 5 nitrogen and oxygen atoms in total. The third-order valence-electron chi connectivity index (χ3n) is 2.29. The molecule has 0 saturated carbocycles. The lowest BCUT2D eigenvalue weighted by Gasteiger charge is -2.22. The molecule has 0 aromatic carbocycles. The predicted octanol–water partition coefficient (Wildman–Crippen LogP) is 0.926. The lowest BCUT2D eigenvalue weighted by atomic mass is 10.1. The zero-order valence-electron chi connectivity index (χ0n) is 10.3. The fourth-order valence-electron chi connectivity index (χ4n) is 1.61. The largest absolute Gasteiger partial charge is 0.465 e. The molecule has 0 fully saturated rings. The quantitative estimate of drug-likeness (QED) is 0.777. The van der Waals surface area contributed by atoms with Crippen LogP contribution in [0.5, 0.6) is 0 Å². The summed E-state index contributed by atoms with van der Waals surface area (Å²) < 4.78 is 6.54. The average molecular weight is 225 g/mol. The van der Waals surface area contributed by atoms with E-state index in [2.05, 4.69) is 5.10 Å². The molecule has 0 atom stereocenters. The van der Waals surface area contributed by atoms with Crippen molar-refractivity contribution in [3.05, 3.63) is 17.5 Å². The van der Waals surface area contributed by atoms with Gasteiger partial charge in [-0.1, -0.05) is 0 Å². The summed E-state index contributed by atoms with van der Waals surface area (Å²) in [4.78, 5) is 11.5. The molecule has 0 aliphatic rings. The molecule has 1 heterocycles. The summed E-state index contributed by atoms with van der Waals surface area (Å²) in [6, 6.07) is 0. The molecule has 5 heteroatoms. The van der Waals surface area contributed by atoms with Crippen LogP contribution in [0, 0.1) is 0 Å². The van der Waals surface area contributed by atoms with Gasteiger partial charge >= 0.3 is 5.97 Å². The fraction of sp³-hybridized carbons (Fsp3) is 0.636. The second kappa shape index (κ2) is 4.65. The molecule has 16 heavy (non-hydrogen) atoms. The summed E-state index contributed by atoms with van der Waals surface area (Å²) >= 11 is 0. The normalized spacial score (nSPS) is 11.6. The Balaban J connectivity index is 3.22. The minimum absolute atomic E-state index is 0.170. The first-order valence-electron chi connectivity index (χ1n) is 5.27. The van der Waals surface area contributed by atoms with Crippen LogP contribution >= 0.6 is 0 Å². The fourth-order valence-corrected chi connectivity index (χ4v) is 1.61. The Morgan fingerprint density at radius 2 is 2.19 bits per heavy atom. The van der Waals surface area contributed by atoms with Crippen LogP contribution < -0.4 is 5.73 Å². The van der Waals surface area contributed by atoms with E-state index >= 15 is 0 Å². The third-order valence-corrected chi connectivity index (χ3v) is 2.29. The zero-order chi connectivity index (χ0) is 12.3. The van der Waals surface area contributed by atoms with Gasteiger partial charge < -0.3 is 10.5 Å². The van der Waals surface area contributed by atoms with E-state index in [0.29, 0.717) is 18.5 Å². The summed E-state index contributed by atoms with van der Waals surface area (Å²) in [7, 11) is 1.36. The van der Waals surface area contributed by atoms with Crippen LogP contribution in [0.25, 0.3) is 0 Å². The molecule has 0 amide bonds. The maximum Gasteiger partial charge on any atom is 0.341 e. The van der Waals surface area contributed by atoms with Crippen LogP contribution in [0.3, 0.4) is 0 Å². The van der Waals surface area contributed by atoms with Gasteiger partial charge in [0.15, 0.2) is 0 Å². The number of nitrogens with zero attached hydrogens (tertiary/aromatic N) is 2. The van der Waals surface area contributed by atoms with Gasteiger partial charge in [-0.2, -0.15) is 5.10 Å². The number of rotatable bonds is 3. The number of carbonyl (C=O) groups is 1. The van der Waals surface area contributed by atoms with E-state index in [1.54, 1.807) is 6.20 Å². The van der Waals surface area contributed by atoms with Gasteiger partial charge in [0.1, 0.15) is 5.56 Å². The SMILES string of the molecule is COC(=O)c1cnn(C(C)(C)C)c1CCN. The van der Waals surface area contributed by atoms with E-state index < -0.39 is 0 Å². The van der Waals surface area contributed by atoms with Gasteiger partial charge in [-0.05, 0) is 27.3 Å². The smallest absolute Gasteiger partial charge is 0.341 e. The first-order valence-corrected chi connectivity index (χ1v) is 5.27. The van der Waals surface area contributed by atoms with Crippen molar-refractivity contribution < 1.29 is 9.53 Å². The number of carbonyl (C=O) groups excluding carboxylic acids is 1. The summed E-state index contributed by atoms with van der Waals surface area (Å²) in [6.07, 6.45) is 2.16. The molecule has 2 N–H and O–H groups in total. The first-order chi connectivity index (χ1) is 7.41. The van der Waals surface area contributed by atoms with Gasteiger partial charge in [0.2, 0.25) is 0 Å². The monoisotopic (exact) mass is 225 g/mol. The van der Waals surface area contributed by atoms with E-state index in [-0.39, 0.29) is 11.5 Å². The highest BCUT2D eigenvalue weighted by atomic mass is 16.5. The molecule has 0 aliphatic heterocycles. The van der Waals surface area contributed by atoms with Crippen molar-refractivity contribution >= 4 is 5.97 Å². The summed E-state index contributed by atoms with van der Waals surface area (Å²) in [5, 5.41) is 4.24. The van der Waals surface area contributed by atoms with E-state index in [1.165, 1.54) is 7.11 Å². The maximum absolute atomic E-state index is 11.5. The minimum atomic E-state index is -0.362. The van der Waals surface area contributed by atoms with Crippen molar-refractivity contribution in [2.75, 3.05) is 13.7 Å². The van der Waals surface area contributed by atoms with Crippen LogP contribution in [-0.4, -0.2) is 29.4 Å². The molecule has 0 bridgehead atoms. The van der Waals surface area contributed by atoms with Crippen molar-refractivity contribution in [3.8, 4) is 0 Å².